The molecule has 8 heteroatoms. The first kappa shape index (κ1) is 22.4. The van der Waals surface area contributed by atoms with E-state index in [1.807, 2.05) is 12.1 Å². The van der Waals surface area contributed by atoms with Gasteiger partial charge in [0.2, 0.25) is 5.91 Å². The predicted molar refractivity (Wildman–Crippen MR) is 125 cm³/mol. The molecule has 1 saturated heterocycles. The van der Waals surface area contributed by atoms with E-state index in [1.54, 1.807) is 60.9 Å². The van der Waals surface area contributed by atoms with E-state index in [1.165, 1.54) is 0 Å². The average Bonchev–Trinajstić information content (AvgIpc) is 2.85. The number of amides is 2. The molecule has 1 aliphatic heterocycles. The highest BCUT2D eigenvalue weighted by molar-refractivity contribution is 6.04. The molecule has 0 aliphatic carbocycles. The van der Waals surface area contributed by atoms with Gasteiger partial charge in [-0.1, -0.05) is 6.07 Å². The van der Waals surface area contributed by atoms with Gasteiger partial charge >= 0.3 is 0 Å². The molecule has 1 fully saturated rings. The predicted octanol–water partition coefficient (Wildman–Crippen LogP) is 3.18. The third-order valence-electron chi connectivity index (χ3n) is 5.14. The first-order chi connectivity index (χ1) is 16.2. The number of carbonyl (C=O) groups is 2. The molecular formula is C25H26N4O4. The van der Waals surface area contributed by atoms with Gasteiger partial charge in [0.15, 0.2) is 0 Å². The van der Waals surface area contributed by atoms with E-state index in [2.05, 4.69) is 20.5 Å². The Morgan fingerprint density at radius 3 is 2.30 bits per heavy atom. The molecule has 0 spiro atoms. The minimum Gasteiger partial charge on any atom is -0.489 e. The molecule has 2 N–H and O–H groups in total. The number of ether oxygens (including phenoxy) is 2. The number of anilines is 2. The molecule has 33 heavy (non-hydrogen) atoms. The van der Waals surface area contributed by atoms with Gasteiger partial charge in [-0.2, -0.15) is 0 Å². The molecule has 1 aliphatic rings. The number of hydrogen-bond acceptors (Lipinski definition) is 6. The van der Waals surface area contributed by atoms with Gasteiger partial charge in [0, 0.05) is 48.0 Å². The lowest BCUT2D eigenvalue weighted by Crippen LogP contribution is -2.41. The smallest absolute Gasteiger partial charge is 0.255 e. The molecule has 1 aromatic heterocycles. The van der Waals surface area contributed by atoms with Crippen LogP contribution in [0.15, 0.2) is 73.1 Å². The lowest BCUT2D eigenvalue weighted by atomic mass is 10.2. The Kier molecular flexibility index (Phi) is 7.63. The van der Waals surface area contributed by atoms with E-state index in [4.69, 9.17) is 9.47 Å². The summed E-state index contributed by atoms with van der Waals surface area (Å²) < 4.78 is 11.0. The summed E-state index contributed by atoms with van der Waals surface area (Å²) in [5, 5.41) is 5.74. The lowest BCUT2D eigenvalue weighted by molar-refractivity contribution is -0.118. The molecule has 2 amide bonds. The van der Waals surface area contributed by atoms with Crippen molar-refractivity contribution in [2.75, 3.05) is 43.5 Å². The highest BCUT2D eigenvalue weighted by Crippen LogP contribution is 2.17. The summed E-state index contributed by atoms with van der Waals surface area (Å²) in [5.41, 5.74) is 2.82. The number of hydrogen-bond donors (Lipinski definition) is 2. The van der Waals surface area contributed by atoms with Gasteiger partial charge in [-0.25, -0.2) is 0 Å². The summed E-state index contributed by atoms with van der Waals surface area (Å²) in [4.78, 5) is 30.9. The van der Waals surface area contributed by atoms with E-state index >= 15 is 0 Å². The largest absolute Gasteiger partial charge is 0.489 e. The van der Waals surface area contributed by atoms with Crippen molar-refractivity contribution in [2.24, 2.45) is 0 Å². The molecule has 4 rings (SSSR count). The van der Waals surface area contributed by atoms with Crippen molar-refractivity contribution >= 4 is 23.2 Å². The second-order valence-electron chi connectivity index (χ2n) is 7.64. The maximum absolute atomic E-state index is 12.5. The number of aromatic nitrogens is 1. The minimum atomic E-state index is -0.224. The van der Waals surface area contributed by atoms with Crippen LogP contribution in [0.2, 0.25) is 0 Å². The van der Waals surface area contributed by atoms with Crippen molar-refractivity contribution in [1.29, 1.82) is 0 Å². The highest BCUT2D eigenvalue weighted by Gasteiger charge is 2.14. The van der Waals surface area contributed by atoms with Crippen molar-refractivity contribution < 1.29 is 19.1 Å². The van der Waals surface area contributed by atoms with Gasteiger partial charge in [-0.15, -0.1) is 0 Å². The van der Waals surface area contributed by atoms with Gasteiger partial charge in [0.05, 0.1) is 19.8 Å². The normalized spacial score (nSPS) is 13.8. The zero-order chi connectivity index (χ0) is 22.9. The third-order valence-corrected chi connectivity index (χ3v) is 5.14. The van der Waals surface area contributed by atoms with E-state index in [-0.39, 0.29) is 11.8 Å². The average molecular weight is 447 g/mol. The van der Waals surface area contributed by atoms with Crippen LogP contribution in [0, 0.1) is 0 Å². The first-order valence-electron chi connectivity index (χ1n) is 10.8. The zero-order valence-corrected chi connectivity index (χ0v) is 18.2. The number of nitrogens with one attached hydrogen (secondary N) is 2. The van der Waals surface area contributed by atoms with E-state index < -0.39 is 0 Å². The molecule has 0 bridgehead atoms. The maximum atomic E-state index is 12.5. The van der Waals surface area contributed by atoms with Gasteiger partial charge in [-0.3, -0.25) is 19.5 Å². The molecule has 0 atom stereocenters. The quantitative estimate of drug-likeness (QED) is 0.552. The van der Waals surface area contributed by atoms with Crippen LogP contribution >= 0.6 is 0 Å². The van der Waals surface area contributed by atoms with Crippen molar-refractivity contribution in [2.45, 2.75) is 6.61 Å². The molecule has 170 valence electrons. The number of benzene rings is 2. The molecule has 2 aromatic carbocycles. The maximum Gasteiger partial charge on any atom is 0.255 e. The standard InChI is InChI=1S/C25H26N4O4/c30-24(17-29-12-14-32-15-13-29)27-21-5-7-22(8-6-21)28-25(31)20-3-9-23(10-4-20)33-18-19-2-1-11-26-16-19/h1-11,16H,12-15,17-18H2,(H,27,30)(H,28,31). The molecule has 2 heterocycles. The Morgan fingerprint density at radius 2 is 1.64 bits per heavy atom. The Labute approximate surface area is 192 Å². The van der Waals surface area contributed by atoms with Gasteiger partial charge in [0.1, 0.15) is 12.4 Å². The zero-order valence-electron chi connectivity index (χ0n) is 18.2. The van der Waals surface area contributed by atoms with Crippen molar-refractivity contribution in [1.82, 2.24) is 9.88 Å². The van der Waals surface area contributed by atoms with Crippen LogP contribution in [0.1, 0.15) is 15.9 Å². The van der Waals surface area contributed by atoms with Crippen LogP contribution in [-0.2, 0) is 16.1 Å². The van der Waals surface area contributed by atoms with Crippen molar-refractivity contribution in [3.8, 4) is 5.75 Å². The fraction of sp³-hybridized carbons (Fsp3) is 0.240. The fourth-order valence-corrected chi connectivity index (χ4v) is 3.36. The molecule has 3 aromatic rings. The Balaban J connectivity index is 1.25. The van der Waals surface area contributed by atoms with Gasteiger partial charge in [0.25, 0.3) is 5.91 Å². The van der Waals surface area contributed by atoms with Crippen molar-refractivity contribution in [3.63, 3.8) is 0 Å². The second kappa shape index (κ2) is 11.2. The first-order valence-corrected chi connectivity index (χ1v) is 10.8. The molecule has 0 saturated carbocycles. The van der Waals surface area contributed by atoms with Crippen LogP contribution in [0.4, 0.5) is 11.4 Å². The highest BCUT2D eigenvalue weighted by atomic mass is 16.5. The number of pyridine rings is 1. The fourth-order valence-electron chi connectivity index (χ4n) is 3.36. The summed E-state index contributed by atoms with van der Waals surface area (Å²) in [6, 6.07) is 17.8. The van der Waals surface area contributed by atoms with Gasteiger partial charge < -0.3 is 20.1 Å². The monoisotopic (exact) mass is 446 g/mol. The lowest BCUT2D eigenvalue weighted by Gasteiger charge is -2.25. The number of nitrogens with zero attached hydrogens (tertiary/aromatic N) is 2. The summed E-state index contributed by atoms with van der Waals surface area (Å²) in [5.74, 6) is 0.380. The number of carbonyl (C=O) groups excluding carboxylic acids is 2. The van der Waals surface area contributed by atoms with E-state index in [0.29, 0.717) is 49.1 Å². The topological polar surface area (TPSA) is 92.8 Å². The number of rotatable bonds is 8. The minimum absolute atomic E-state index is 0.0699. The third kappa shape index (κ3) is 6.86. The number of morpholine rings is 1. The van der Waals surface area contributed by atoms with E-state index in [9.17, 15) is 9.59 Å². The Bertz CT molecular complexity index is 1050. The summed E-state index contributed by atoms with van der Waals surface area (Å²) in [6.07, 6.45) is 3.47. The molecule has 0 unspecified atom stereocenters. The van der Waals surface area contributed by atoms with Crippen LogP contribution in [-0.4, -0.2) is 54.5 Å². The summed E-state index contributed by atoms with van der Waals surface area (Å²) in [7, 11) is 0. The summed E-state index contributed by atoms with van der Waals surface area (Å²) >= 11 is 0. The second-order valence-corrected chi connectivity index (χ2v) is 7.64. The Hall–Kier alpha value is -3.75. The van der Waals surface area contributed by atoms with Crippen LogP contribution < -0.4 is 15.4 Å². The van der Waals surface area contributed by atoms with Crippen LogP contribution in [0.5, 0.6) is 5.75 Å². The molecule has 0 radical (unpaired) electrons. The SMILES string of the molecule is O=C(CN1CCOCC1)Nc1ccc(NC(=O)c2ccc(OCc3cccnc3)cc2)cc1. The Morgan fingerprint density at radius 1 is 0.939 bits per heavy atom. The van der Waals surface area contributed by atoms with Crippen LogP contribution in [0.25, 0.3) is 0 Å². The van der Waals surface area contributed by atoms with Gasteiger partial charge in [-0.05, 0) is 54.6 Å². The van der Waals surface area contributed by atoms with E-state index in [0.717, 1.165) is 18.7 Å². The van der Waals surface area contributed by atoms with Crippen LogP contribution in [0.3, 0.4) is 0 Å². The van der Waals surface area contributed by atoms with Crippen molar-refractivity contribution in [3.05, 3.63) is 84.2 Å². The summed E-state index contributed by atoms with van der Waals surface area (Å²) in [6.45, 7) is 3.58. The molecular weight excluding hydrogens is 420 g/mol. The molecule has 8 nitrogen and oxygen atoms in total.